The maximum atomic E-state index is 6.06. The lowest BCUT2D eigenvalue weighted by Crippen LogP contribution is -2.28. The standard InChI is InChI=1S/C14H22Cl2N2O2/c1-19-6-3-4-18(5-7-20-2)10-11-8-12(15)14(17)13(16)9-11/h8-9H,3-7,10,17H2,1-2H3. The third kappa shape index (κ3) is 5.85. The van der Waals surface area contributed by atoms with Gasteiger partial charge in [0.25, 0.3) is 0 Å². The third-order valence-electron chi connectivity index (χ3n) is 2.98. The number of anilines is 1. The Morgan fingerprint density at radius 2 is 1.65 bits per heavy atom. The first kappa shape index (κ1) is 17.5. The van der Waals surface area contributed by atoms with Crippen LogP contribution in [-0.4, -0.2) is 45.4 Å². The highest BCUT2D eigenvalue weighted by Crippen LogP contribution is 2.29. The van der Waals surface area contributed by atoms with E-state index in [1.54, 1.807) is 14.2 Å². The molecule has 4 nitrogen and oxygen atoms in total. The number of hydrogen-bond acceptors (Lipinski definition) is 4. The predicted molar refractivity (Wildman–Crippen MR) is 84.5 cm³/mol. The van der Waals surface area contributed by atoms with Crippen molar-refractivity contribution >= 4 is 28.9 Å². The highest BCUT2D eigenvalue weighted by molar-refractivity contribution is 6.38. The van der Waals surface area contributed by atoms with Gasteiger partial charge in [-0.25, -0.2) is 0 Å². The van der Waals surface area contributed by atoms with Crippen molar-refractivity contribution in [1.82, 2.24) is 4.90 Å². The Morgan fingerprint density at radius 1 is 1.05 bits per heavy atom. The van der Waals surface area contributed by atoms with E-state index in [1.165, 1.54) is 0 Å². The first-order valence-corrected chi connectivity index (χ1v) is 7.27. The first-order chi connectivity index (χ1) is 9.58. The second kappa shape index (κ2) is 9.42. The Bertz CT molecular complexity index is 393. The molecule has 1 aromatic rings. The van der Waals surface area contributed by atoms with Crippen LogP contribution in [0.5, 0.6) is 0 Å². The Balaban J connectivity index is 2.67. The van der Waals surface area contributed by atoms with Crippen LogP contribution in [0.4, 0.5) is 5.69 Å². The SMILES string of the molecule is COCCCN(CCOC)Cc1cc(Cl)c(N)c(Cl)c1. The van der Waals surface area contributed by atoms with Crippen molar-refractivity contribution in [3.05, 3.63) is 27.7 Å². The molecule has 0 aliphatic heterocycles. The summed E-state index contributed by atoms with van der Waals surface area (Å²) in [5.74, 6) is 0. The zero-order valence-corrected chi connectivity index (χ0v) is 13.5. The van der Waals surface area contributed by atoms with E-state index in [-0.39, 0.29) is 0 Å². The molecule has 0 bridgehead atoms. The lowest BCUT2D eigenvalue weighted by atomic mass is 10.2. The highest BCUT2D eigenvalue weighted by Gasteiger charge is 2.09. The number of nitrogen functional groups attached to an aromatic ring is 1. The van der Waals surface area contributed by atoms with Crippen LogP contribution in [0.1, 0.15) is 12.0 Å². The minimum atomic E-state index is 0.430. The van der Waals surface area contributed by atoms with Crippen molar-refractivity contribution in [3.8, 4) is 0 Å². The molecule has 114 valence electrons. The third-order valence-corrected chi connectivity index (χ3v) is 3.60. The van der Waals surface area contributed by atoms with Crippen LogP contribution in [-0.2, 0) is 16.0 Å². The van der Waals surface area contributed by atoms with E-state index in [2.05, 4.69) is 4.90 Å². The zero-order valence-electron chi connectivity index (χ0n) is 12.0. The van der Waals surface area contributed by atoms with E-state index in [4.69, 9.17) is 38.4 Å². The first-order valence-electron chi connectivity index (χ1n) is 6.52. The molecule has 0 heterocycles. The molecule has 20 heavy (non-hydrogen) atoms. The van der Waals surface area contributed by atoms with Crippen molar-refractivity contribution in [3.63, 3.8) is 0 Å². The highest BCUT2D eigenvalue weighted by atomic mass is 35.5. The maximum Gasteiger partial charge on any atom is 0.0693 e. The van der Waals surface area contributed by atoms with Crippen molar-refractivity contribution in [2.24, 2.45) is 0 Å². The molecule has 0 saturated carbocycles. The molecule has 0 aromatic heterocycles. The lowest BCUT2D eigenvalue weighted by Gasteiger charge is -2.22. The van der Waals surface area contributed by atoms with Crippen LogP contribution in [0.15, 0.2) is 12.1 Å². The molecule has 1 rings (SSSR count). The number of ether oxygens (including phenoxy) is 2. The van der Waals surface area contributed by atoms with Gasteiger partial charge in [0.15, 0.2) is 0 Å². The molecule has 6 heteroatoms. The van der Waals surface area contributed by atoms with Crippen molar-refractivity contribution in [2.45, 2.75) is 13.0 Å². The van der Waals surface area contributed by atoms with E-state index in [0.717, 1.165) is 38.2 Å². The molecule has 0 fully saturated rings. The van der Waals surface area contributed by atoms with E-state index in [0.29, 0.717) is 22.3 Å². The van der Waals surface area contributed by atoms with E-state index < -0.39 is 0 Å². The van der Waals surface area contributed by atoms with Crippen molar-refractivity contribution in [2.75, 3.05) is 46.3 Å². The van der Waals surface area contributed by atoms with Crippen molar-refractivity contribution < 1.29 is 9.47 Å². The number of benzene rings is 1. The second-order valence-electron chi connectivity index (χ2n) is 4.59. The molecule has 2 N–H and O–H groups in total. The number of hydrogen-bond donors (Lipinski definition) is 1. The monoisotopic (exact) mass is 320 g/mol. The quantitative estimate of drug-likeness (QED) is 0.561. The van der Waals surface area contributed by atoms with Gasteiger partial charge < -0.3 is 15.2 Å². The number of rotatable bonds is 9. The average molecular weight is 321 g/mol. The largest absolute Gasteiger partial charge is 0.396 e. The smallest absolute Gasteiger partial charge is 0.0693 e. The normalized spacial score (nSPS) is 11.2. The lowest BCUT2D eigenvalue weighted by molar-refractivity contribution is 0.129. The summed E-state index contributed by atoms with van der Waals surface area (Å²) < 4.78 is 10.2. The molecule has 1 aromatic carbocycles. The van der Waals surface area contributed by atoms with Gasteiger partial charge in [0.2, 0.25) is 0 Å². The van der Waals surface area contributed by atoms with E-state index in [1.807, 2.05) is 12.1 Å². The summed E-state index contributed by atoms with van der Waals surface area (Å²) in [4.78, 5) is 2.28. The summed E-state index contributed by atoms with van der Waals surface area (Å²) in [6, 6.07) is 3.72. The van der Waals surface area contributed by atoms with Gasteiger partial charge in [-0.15, -0.1) is 0 Å². The molecule has 0 unspecified atom stereocenters. The fourth-order valence-corrected chi connectivity index (χ4v) is 2.44. The predicted octanol–water partition coefficient (Wildman–Crippen LogP) is 3.06. The molecule has 0 radical (unpaired) electrons. The molecular formula is C14H22Cl2N2O2. The Morgan fingerprint density at radius 3 is 2.20 bits per heavy atom. The van der Waals surface area contributed by atoms with Gasteiger partial charge in [-0.2, -0.15) is 0 Å². The van der Waals surface area contributed by atoms with Crippen LogP contribution in [0, 0.1) is 0 Å². The molecule has 0 atom stereocenters. The fraction of sp³-hybridized carbons (Fsp3) is 0.571. The minimum Gasteiger partial charge on any atom is -0.396 e. The molecule has 0 amide bonds. The summed E-state index contributed by atoms with van der Waals surface area (Å²) in [5.41, 5.74) is 7.22. The summed E-state index contributed by atoms with van der Waals surface area (Å²) >= 11 is 12.1. The van der Waals surface area contributed by atoms with Gasteiger partial charge in [-0.1, -0.05) is 23.2 Å². The van der Waals surface area contributed by atoms with Crippen LogP contribution >= 0.6 is 23.2 Å². The van der Waals surface area contributed by atoms with Gasteiger partial charge in [-0.05, 0) is 24.1 Å². The van der Waals surface area contributed by atoms with Crippen LogP contribution < -0.4 is 5.73 Å². The van der Waals surface area contributed by atoms with Crippen molar-refractivity contribution in [1.29, 1.82) is 0 Å². The number of methoxy groups -OCH3 is 2. The second-order valence-corrected chi connectivity index (χ2v) is 5.40. The molecule has 0 saturated heterocycles. The molecule has 0 aliphatic rings. The Kier molecular flexibility index (Phi) is 8.26. The maximum absolute atomic E-state index is 6.06. The van der Waals surface area contributed by atoms with Crippen LogP contribution in [0.3, 0.4) is 0 Å². The summed E-state index contributed by atoms with van der Waals surface area (Å²) in [7, 11) is 3.41. The van der Waals surface area contributed by atoms with Gasteiger partial charge in [-0.3, -0.25) is 4.90 Å². The number of nitrogens with zero attached hydrogens (tertiary/aromatic N) is 1. The molecule has 0 spiro atoms. The van der Waals surface area contributed by atoms with Gasteiger partial charge >= 0.3 is 0 Å². The summed E-state index contributed by atoms with van der Waals surface area (Å²) in [6.07, 6.45) is 0.969. The van der Waals surface area contributed by atoms with Gasteiger partial charge in [0.1, 0.15) is 0 Å². The minimum absolute atomic E-state index is 0.430. The zero-order chi connectivity index (χ0) is 15.0. The number of halogens is 2. The summed E-state index contributed by atoms with van der Waals surface area (Å²) in [6.45, 7) is 3.96. The topological polar surface area (TPSA) is 47.7 Å². The van der Waals surface area contributed by atoms with E-state index >= 15 is 0 Å². The van der Waals surface area contributed by atoms with Gasteiger partial charge in [0, 0.05) is 40.5 Å². The van der Waals surface area contributed by atoms with Gasteiger partial charge in [0.05, 0.1) is 22.3 Å². The Hall–Kier alpha value is -0.520. The van der Waals surface area contributed by atoms with Crippen LogP contribution in [0.25, 0.3) is 0 Å². The average Bonchev–Trinajstić information content (AvgIpc) is 2.42. The van der Waals surface area contributed by atoms with E-state index in [9.17, 15) is 0 Å². The molecular weight excluding hydrogens is 299 g/mol. The fourth-order valence-electron chi connectivity index (χ4n) is 1.91. The summed E-state index contributed by atoms with van der Waals surface area (Å²) in [5, 5.41) is 0.993. The number of nitrogens with two attached hydrogens (primary N) is 1. The Labute approximate surface area is 130 Å². The van der Waals surface area contributed by atoms with Crippen LogP contribution in [0.2, 0.25) is 10.0 Å². The molecule has 0 aliphatic carbocycles.